The molecular formula is C17H27N3O6. The summed E-state index contributed by atoms with van der Waals surface area (Å²) in [6.45, 7) is 5.65. The van der Waals surface area contributed by atoms with Crippen molar-refractivity contribution in [1.29, 1.82) is 0 Å². The Hall–Kier alpha value is -2.68. The summed E-state index contributed by atoms with van der Waals surface area (Å²) < 4.78 is 5.54. The number of ether oxygens (including phenoxy) is 1. The topological polar surface area (TPSA) is 129 Å². The van der Waals surface area contributed by atoms with E-state index in [0.29, 0.717) is 12.3 Å². The minimum absolute atomic E-state index is 0.0414. The van der Waals surface area contributed by atoms with Crippen LogP contribution in [0.3, 0.4) is 0 Å². The molecular weight excluding hydrogens is 342 g/mol. The van der Waals surface area contributed by atoms with Gasteiger partial charge in [-0.25, -0.2) is 9.59 Å². The molecule has 0 aliphatic carbocycles. The first-order valence-electron chi connectivity index (χ1n) is 8.14. The van der Waals surface area contributed by atoms with E-state index in [1.54, 1.807) is 0 Å². The van der Waals surface area contributed by atoms with E-state index in [1.165, 1.54) is 0 Å². The molecule has 0 unspecified atom stereocenters. The number of hydrogen-bond donors (Lipinski definition) is 3. The van der Waals surface area contributed by atoms with Crippen molar-refractivity contribution < 1.29 is 29.3 Å². The van der Waals surface area contributed by atoms with Crippen LogP contribution in [0, 0.1) is 6.92 Å². The number of aryl methyl sites for hydroxylation is 2. The molecule has 0 saturated heterocycles. The van der Waals surface area contributed by atoms with Gasteiger partial charge in [0.2, 0.25) is 0 Å². The highest BCUT2D eigenvalue weighted by Gasteiger charge is 2.07. The molecule has 26 heavy (non-hydrogen) atoms. The van der Waals surface area contributed by atoms with E-state index in [9.17, 15) is 4.79 Å². The Morgan fingerprint density at radius 2 is 1.81 bits per heavy atom. The number of amides is 1. The molecule has 0 aliphatic rings. The van der Waals surface area contributed by atoms with Crippen molar-refractivity contribution in [3.8, 4) is 5.75 Å². The number of aromatic nitrogens is 1. The van der Waals surface area contributed by atoms with Crippen LogP contribution in [0.4, 0.5) is 0 Å². The van der Waals surface area contributed by atoms with E-state index in [1.807, 2.05) is 40.1 Å². The molecule has 9 nitrogen and oxygen atoms in total. The average Bonchev–Trinajstić information content (AvgIpc) is 2.57. The highest BCUT2D eigenvalue weighted by molar-refractivity contribution is 6.27. The number of aliphatic carboxylic acids is 2. The largest absolute Gasteiger partial charge is 0.482 e. The molecule has 1 aromatic rings. The maximum absolute atomic E-state index is 11.7. The first kappa shape index (κ1) is 23.3. The van der Waals surface area contributed by atoms with Gasteiger partial charge < -0.3 is 25.2 Å². The molecule has 1 aromatic heterocycles. The lowest BCUT2D eigenvalue weighted by Crippen LogP contribution is -2.31. The van der Waals surface area contributed by atoms with Gasteiger partial charge in [0, 0.05) is 12.2 Å². The summed E-state index contributed by atoms with van der Waals surface area (Å²) in [4.78, 5) is 36.4. The van der Waals surface area contributed by atoms with Gasteiger partial charge in [-0.1, -0.05) is 6.92 Å². The van der Waals surface area contributed by atoms with E-state index in [2.05, 4.69) is 15.2 Å². The summed E-state index contributed by atoms with van der Waals surface area (Å²) in [6, 6.07) is 3.77. The zero-order chi connectivity index (χ0) is 20.1. The predicted octanol–water partition coefficient (Wildman–Crippen LogP) is 0.555. The summed E-state index contributed by atoms with van der Waals surface area (Å²) in [5, 5.41) is 17.6. The summed E-state index contributed by atoms with van der Waals surface area (Å²) in [6.07, 6.45) is 1.73. The van der Waals surface area contributed by atoms with E-state index < -0.39 is 11.9 Å². The molecule has 146 valence electrons. The van der Waals surface area contributed by atoms with Crippen molar-refractivity contribution in [2.75, 3.05) is 33.8 Å². The third-order valence-corrected chi connectivity index (χ3v) is 3.05. The molecule has 1 amide bonds. The zero-order valence-corrected chi connectivity index (χ0v) is 15.6. The van der Waals surface area contributed by atoms with Crippen molar-refractivity contribution in [2.24, 2.45) is 0 Å². The summed E-state index contributed by atoms with van der Waals surface area (Å²) in [5.74, 6) is -3.04. The van der Waals surface area contributed by atoms with Crippen molar-refractivity contribution in [3.05, 3.63) is 23.5 Å². The first-order chi connectivity index (χ1) is 12.2. The van der Waals surface area contributed by atoms with Crippen LogP contribution < -0.4 is 10.1 Å². The molecule has 0 aromatic carbocycles. The zero-order valence-electron chi connectivity index (χ0n) is 15.6. The SMILES string of the molecule is CCc1nc(C)ccc1OCC(=O)NCCCN(C)C.O=C(O)C(=O)O. The minimum atomic E-state index is -1.82. The van der Waals surface area contributed by atoms with Gasteiger partial charge >= 0.3 is 11.9 Å². The first-order valence-corrected chi connectivity index (χ1v) is 8.14. The molecule has 1 heterocycles. The number of nitrogens with one attached hydrogen (secondary N) is 1. The summed E-state index contributed by atoms with van der Waals surface area (Å²) in [7, 11) is 4.03. The van der Waals surface area contributed by atoms with Crippen molar-refractivity contribution in [3.63, 3.8) is 0 Å². The third-order valence-electron chi connectivity index (χ3n) is 3.05. The highest BCUT2D eigenvalue weighted by Crippen LogP contribution is 2.17. The number of carboxylic acids is 2. The normalized spacial score (nSPS) is 9.88. The van der Waals surface area contributed by atoms with Crippen molar-refractivity contribution in [1.82, 2.24) is 15.2 Å². The molecule has 0 atom stereocenters. The Labute approximate surface area is 153 Å². The number of pyridine rings is 1. The molecule has 0 saturated carbocycles. The maximum atomic E-state index is 11.7. The number of carbonyl (C=O) groups excluding carboxylic acids is 1. The second-order valence-corrected chi connectivity index (χ2v) is 5.66. The number of carbonyl (C=O) groups is 3. The van der Waals surface area contributed by atoms with Crippen LogP contribution in [0.25, 0.3) is 0 Å². The Kier molecular flexibility index (Phi) is 11.3. The standard InChI is InChI=1S/C15H25N3O2.C2H2O4/c1-5-13-14(8-7-12(2)17-13)20-11-15(19)16-9-6-10-18(3)4;3-1(4)2(5)6/h7-8H,5-6,9-11H2,1-4H3,(H,16,19);(H,3,4)(H,5,6). The molecule has 0 bridgehead atoms. The highest BCUT2D eigenvalue weighted by atomic mass is 16.5. The molecule has 0 fully saturated rings. The maximum Gasteiger partial charge on any atom is 0.414 e. The Balaban J connectivity index is 0.000000896. The summed E-state index contributed by atoms with van der Waals surface area (Å²) >= 11 is 0. The van der Waals surface area contributed by atoms with E-state index in [-0.39, 0.29) is 12.5 Å². The van der Waals surface area contributed by atoms with Crippen LogP contribution in [-0.4, -0.2) is 71.7 Å². The van der Waals surface area contributed by atoms with Gasteiger partial charge in [0.1, 0.15) is 5.75 Å². The van der Waals surface area contributed by atoms with Crippen LogP contribution in [0.15, 0.2) is 12.1 Å². The van der Waals surface area contributed by atoms with Gasteiger partial charge in [0.05, 0.1) is 5.69 Å². The van der Waals surface area contributed by atoms with E-state index >= 15 is 0 Å². The summed E-state index contributed by atoms with van der Waals surface area (Å²) in [5.41, 5.74) is 1.85. The Morgan fingerprint density at radius 3 is 2.31 bits per heavy atom. The van der Waals surface area contributed by atoms with Gasteiger partial charge in [-0.3, -0.25) is 9.78 Å². The van der Waals surface area contributed by atoms with Gasteiger partial charge in [0.25, 0.3) is 5.91 Å². The van der Waals surface area contributed by atoms with Gasteiger partial charge in [-0.15, -0.1) is 0 Å². The van der Waals surface area contributed by atoms with Crippen LogP contribution in [0.2, 0.25) is 0 Å². The van der Waals surface area contributed by atoms with Crippen LogP contribution in [-0.2, 0) is 20.8 Å². The van der Waals surface area contributed by atoms with Crippen molar-refractivity contribution in [2.45, 2.75) is 26.7 Å². The monoisotopic (exact) mass is 369 g/mol. The molecule has 0 radical (unpaired) electrons. The fraction of sp³-hybridized carbons (Fsp3) is 0.529. The van der Waals surface area contributed by atoms with Crippen LogP contribution in [0.1, 0.15) is 24.7 Å². The second-order valence-electron chi connectivity index (χ2n) is 5.66. The lowest BCUT2D eigenvalue weighted by molar-refractivity contribution is -0.159. The molecule has 0 aliphatic heterocycles. The van der Waals surface area contributed by atoms with Gasteiger partial charge in [-0.05, 0) is 52.5 Å². The van der Waals surface area contributed by atoms with E-state index in [0.717, 1.165) is 30.8 Å². The number of hydrogen-bond acceptors (Lipinski definition) is 6. The average molecular weight is 369 g/mol. The molecule has 0 spiro atoms. The van der Waals surface area contributed by atoms with Crippen molar-refractivity contribution >= 4 is 17.8 Å². The van der Waals surface area contributed by atoms with E-state index in [4.69, 9.17) is 24.5 Å². The lowest BCUT2D eigenvalue weighted by atomic mass is 10.2. The second kappa shape index (κ2) is 12.6. The van der Waals surface area contributed by atoms with Crippen LogP contribution >= 0.6 is 0 Å². The molecule has 9 heteroatoms. The van der Waals surface area contributed by atoms with Gasteiger partial charge in [-0.2, -0.15) is 0 Å². The third kappa shape index (κ3) is 11.0. The quantitative estimate of drug-likeness (QED) is 0.448. The number of carboxylic acid groups (broad SMARTS) is 2. The predicted molar refractivity (Wildman–Crippen MR) is 95.3 cm³/mol. The minimum Gasteiger partial charge on any atom is -0.482 e. The lowest BCUT2D eigenvalue weighted by Gasteiger charge is -2.12. The van der Waals surface area contributed by atoms with Crippen LogP contribution in [0.5, 0.6) is 5.75 Å². The molecule has 1 rings (SSSR count). The Bertz CT molecular complexity index is 592. The fourth-order valence-electron chi connectivity index (χ4n) is 1.80. The molecule has 3 N–H and O–H groups in total. The fourth-order valence-corrected chi connectivity index (χ4v) is 1.80. The Morgan fingerprint density at radius 1 is 1.19 bits per heavy atom. The smallest absolute Gasteiger partial charge is 0.414 e. The van der Waals surface area contributed by atoms with Gasteiger partial charge in [0.15, 0.2) is 6.61 Å². The number of nitrogens with zero attached hydrogens (tertiary/aromatic N) is 2. The number of rotatable bonds is 8.